The van der Waals surface area contributed by atoms with Crippen molar-refractivity contribution in [1.82, 2.24) is 0 Å². The van der Waals surface area contributed by atoms with E-state index in [-0.39, 0.29) is 5.75 Å². The Hall–Kier alpha value is -2.70. The molecule has 0 aliphatic rings. The SMILES string of the molecule is C=Cc1ccc2cc(OC(=O)COC(C(F)(F)F)C(F)(F)S(=O)(=O)N=O)ccc2c1.F[C-](F)F.[O]=[Os]. The Morgan fingerprint density at radius 1 is 1.06 bits per heavy atom. The molecule has 0 saturated heterocycles. The number of hydrogen-bond acceptors (Lipinski definition) is 7. The van der Waals surface area contributed by atoms with Crippen LogP contribution in [0.1, 0.15) is 5.56 Å². The number of benzene rings is 2. The van der Waals surface area contributed by atoms with Gasteiger partial charge in [0.15, 0.2) is 6.68 Å². The van der Waals surface area contributed by atoms with Crippen LogP contribution in [-0.4, -0.2) is 38.5 Å². The van der Waals surface area contributed by atoms with E-state index in [2.05, 4.69) is 11.3 Å². The van der Waals surface area contributed by atoms with Crippen LogP contribution in [0.4, 0.5) is 35.1 Å². The van der Waals surface area contributed by atoms with Gasteiger partial charge in [-0.1, -0.05) is 30.9 Å². The van der Waals surface area contributed by atoms with E-state index in [1.807, 2.05) is 0 Å². The second kappa shape index (κ2) is 14.1. The molecule has 202 valence electrons. The minimum absolute atomic E-state index is 0.125. The van der Waals surface area contributed by atoms with Crippen molar-refractivity contribution in [3.05, 3.63) is 60.1 Å². The van der Waals surface area contributed by atoms with Crippen molar-refractivity contribution in [3.8, 4) is 5.75 Å². The number of halogens is 8. The molecule has 1 atom stereocenters. The fourth-order valence-electron chi connectivity index (χ4n) is 2.31. The standard InChI is InChI=1S/C17H12F5NO6S.CF3.O.Os/c1-2-10-3-4-12-8-13(6-5-11(12)7-10)29-14(24)9-28-15(16(18,19)20)17(21,22)30(26,27)23-25;2-1(3)4;;/h2-8,15H,1,9H2;;;/q;-1;;. The zero-order chi connectivity index (χ0) is 28.3. The van der Waals surface area contributed by atoms with Gasteiger partial charge in [0.25, 0.3) is 0 Å². The predicted molar refractivity (Wildman–Crippen MR) is 102 cm³/mol. The monoisotopic (exact) mass is 730 g/mol. The molecule has 8 nitrogen and oxygen atoms in total. The van der Waals surface area contributed by atoms with Gasteiger partial charge in [-0.25, -0.2) is 4.79 Å². The van der Waals surface area contributed by atoms with Crippen LogP contribution in [0.2, 0.25) is 0 Å². The van der Waals surface area contributed by atoms with E-state index in [9.17, 15) is 53.2 Å². The summed E-state index contributed by atoms with van der Waals surface area (Å²) in [6, 6.07) is 9.29. The molecule has 1 unspecified atom stereocenters. The van der Waals surface area contributed by atoms with Crippen molar-refractivity contribution in [1.29, 1.82) is 0 Å². The first kappa shape index (κ1) is 33.3. The quantitative estimate of drug-likeness (QED) is 0.120. The minimum atomic E-state index is -6.39. The predicted octanol–water partition coefficient (Wildman–Crippen LogP) is 5.25. The number of nitroso groups, excluding NO2 is 1. The van der Waals surface area contributed by atoms with Gasteiger partial charge < -0.3 is 22.6 Å². The van der Waals surface area contributed by atoms with Crippen LogP contribution in [-0.2, 0) is 41.6 Å². The van der Waals surface area contributed by atoms with Gasteiger partial charge in [-0.3, -0.25) is 0 Å². The number of fused-ring (bicyclic) bond motifs is 1. The van der Waals surface area contributed by atoms with Crippen molar-refractivity contribution >= 4 is 32.8 Å². The molecule has 0 aliphatic heterocycles. The third-order valence-electron chi connectivity index (χ3n) is 3.72. The van der Waals surface area contributed by atoms with Gasteiger partial charge in [0, 0.05) is 0 Å². The molecule has 0 aromatic heterocycles. The summed E-state index contributed by atoms with van der Waals surface area (Å²) < 4.78 is 134. The molecule has 36 heavy (non-hydrogen) atoms. The molecule has 0 spiro atoms. The second-order valence-electron chi connectivity index (χ2n) is 6.00. The third-order valence-corrected chi connectivity index (χ3v) is 4.81. The molecule has 0 fully saturated rings. The number of rotatable bonds is 8. The van der Waals surface area contributed by atoms with Gasteiger partial charge in [-0.05, 0) is 34.5 Å². The second-order valence-corrected chi connectivity index (χ2v) is 7.65. The fraction of sp³-hybridized carbons (Fsp3) is 0.222. The van der Waals surface area contributed by atoms with Crippen molar-refractivity contribution < 1.29 is 79.9 Å². The van der Waals surface area contributed by atoms with Gasteiger partial charge in [0.05, 0.1) is 4.58 Å². The molecule has 0 heterocycles. The van der Waals surface area contributed by atoms with Crippen molar-refractivity contribution in [2.24, 2.45) is 4.58 Å². The van der Waals surface area contributed by atoms with E-state index in [0.717, 1.165) is 15.5 Å². The van der Waals surface area contributed by atoms with Crippen molar-refractivity contribution in [3.63, 3.8) is 0 Å². The topological polar surface area (TPSA) is 116 Å². The molecule has 0 saturated carbocycles. The summed E-state index contributed by atoms with van der Waals surface area (Å²) >= 11 is 0.611. The molecule has 2 aromatic rings. The summed E-state index contributed by atoms with van der Waals surface area (Å²) in [7, 11) is -6.39. The Kier molecular flexibility index (Phi) is 13.1. The number of ether oxygens (including phenoxy) is 2. The van der Waals surface area contributed by atoms with Crippen LogP contribution in [0.3, 0.4) is 0 Å². The van der Waals surface area contributed by atoms with Crippen molar-refractivity contribution in [2.75, 3.05) is 6.61 Å². The Morgan fingerprint density at radius 2 is 1.56 bits per heavy atom. The number of sulfonamides is 1. The number of carbonyl (C=O) groups is 1. The summed E-state index contributed by atoms with van der Waals surface area (Å²) in [6.07, 6.45) is -8.65. The van der Waals surface area contributed by atoms with E-state index in [0.29, 0.717) is 23.9 Å². The number of hydrogen-bond donors (Lipinski definition) is 0. The first-order valence-electron chi connectivity index (χ1n) is 8.55. The molecule has 2 rings (SSSR count). The molecule has 0 radical (unpaired) electrons. The normalized spacial score (nSPS) is 12.5. The van der Waals surface area contributed by atoms with Gasteiger partial charge >= 0.3 is 49.5 Å². The molecule has 2 aromatic carbocycles. The van der Waals surface area contributed by atoms with Gasteiger partial charge in [0.2, 0.25) is 6.10 Å². The Labute approximate surface area is 207 Å². The van der Waals surface area contributed by atoms with E-state index < -0.39 is 46.8 Å². The first-order valence-corrected chi connectivity index (χ1v) is 11.0. The maximum atomic E-state index is 13.6. The van der Waals surface area contributed by atoms with Crippen LogP contribution in [0.15, 0.2) is 47.6 Å². The molecule has 0 aliphatic carbocycles. The van der Waals surface area contributed by atoms with Crippen LogP contribution in [0.25, 0.3) is 16.8 Å². The van der Waals surface area contributed by atoms with E-state index in [1.54, 1.807) is 24.3 Å². The van der Waals surface area contributed by atoms with Gasteiger partial charge in [-0.15, -0.1) is 4.91 Å². The van der Waals surface area contributed by atoms with E-state index in [4.69, 9.17) is 8.28 Å². The fourth-order valence-corrected chi connectivity index (χ4v) is 2.88. The van der Waals surface area contributed by atoms with E-state index >= 15 is 0 Å². The summed E-state index contributed by atoms with van der Waals surface area (Å²) in [5.41, 5.74) is 0.805. The molecule has 0 bridgehead atoms. The molecular weight excluding hydrogens is 716 g/mol. The zero-order valence-corrected chi connectivity index (χ0v) is 20.5. The summed E-state index contributed by atoms with van der Waals surface area (Å²) in [4.78, 5) is 21.7. The number of nitrogens with zero attached hydrogens (tertiary/aromatic N) is 1. The first-order chi connectivity index (χ1) is 16.5. The summed E-state index contributed by atoms with van der Waals surface area (Å²) in [5.74, 6) is -1.64. The van der Waals surface area contributed by atoms with Crippen LogP contribution in [0, 0.1) is 11.6 Å². The Morgan fingerprint density at radius 3 is 2.03 bits per heavy atom. The third kappa shape index (κ3) is 9.74. The average Bonchev–Trinajstić information content (AvgIpc) is 2.78. The summed E-state index contributed by atoms with van der Waals surface area (Å²) in [5, 5.41) is -4.43. The van der Waals surface area contributed by atoms with Crippen LogP contribution >= 0.6 is 0 Å². The average molecular weight is 729 g/mol. The molecule has 0 amide bonds. The Bertz CT molecular complexity index is 1160. The number of carbonyl (C=O) groups excluding carboxylic acids is 1. The zero-order valence-electron chi connectivity index (χ0n) is 17.1. The Balaban J connectivity index is 0.00000185. The van der Waals surface area contributed by atoms with Gasteiger partial charge in [0.1, 0.15) is 12.4 Å². The number of esters is 1. The van der Waals surface area contributed by atoms with Crippen LogP contribution in [0.5, 0.6) is 5.75 Å². The number of alkyl halides is 5. The molecular formula is C18H12F8NO7OsS-. The van der Waals surface area contributed by atoms with Gasteiger partial charge in [-0.2, -0.15) is 30.4 Å². The molecule has 0 N–H and O–H groups in total. The van der Waals surface area contributed by atoms with Crippen LogP contribution < -0.4 is 4.74 Å². The maximum absolute atomic E-state index is 13.6. The van der Waals surface area contributed by atoms with Crippen molar-refractivity contribution in [2.45, 2.75) is 17.5 Å². The van der Waals surface area contributed by atoms with E-state index in [1.165, 1.54) is 18.2 Å². The summed E-state index contributed by atoms with van der Waals surface area (Å²) in [6.45, 7) is -1.16. The molecule has 18 heteroatoms.